The second-order valence-electron chi connectivity index (χ2n) is 4.21. The van der Waals surface area contributed by atoms with Crippen LogP contribution in [0.1, 0.15) is 25.6 Å². The highest BCUT2D eigenvalue weighted by Crippen LogP contribution is 2.23. The van der Waals surface area contributed by atoms with E-state index in [9.17, 15) is 4.79 Å². The van der Waals surface area contributed by atoms with E-state index in [1.165, 1.54) is 4.88 Å². The average Bonchev–Trinajstić information content (AvgIpc) is 2.69. The largest absolute Gasteiger partial charge is 0.338 e. The van der Waals surface area contributed by atoms with Gasteiger partial charge in [-0.3, -0.25) is 4.79 Å². The second-order valence-corrected chi connectivity index (χ2v) is 6.75. The molecule has 1 aromatic rings. The van der Waals surface area contributed by atoms with E-state index < -0.39 is 0 Å². The van der Waals surface area contributed by atoms with Gasteiger partial charge in [0.25, 0.3) is 0 Å². The molecule has 96 valence electrons. The highest BCUT2D eigenvalue weighted by Gasteiger charge is 2.22. The van der Waals surface area contributed by atoms with E-state index in [1.54, 1.807) is 11.3 Å². The normalized spacial score (nSPS) is 14.4. The molecular weight excluding hydrogens is 300 g/mol. The van der Waals surface area contributed by atoms with Gasteiger partial charge in [0.05, 0.1) is 16.2 Å². The van der Waals surface area contributed by atoms with Crippen LogP contribution >= 0.6 is 27.3 Å². The lowest BCUT2D eigenvalue weighted by atomic mass is 10.0. The molecule has 2 atom stereocenters. The van der Waals surface area contributed by atoms with Crippen molar-refractivity contribution in [3.63, 3.8) is 0 Å². The van der Waals surface area contributed by atoms with Crippen molar-refractivity contribution in [1.29, 1.82) is 0 Å². The highest BCUT2D eigenvalue weighted by molar-refractivity contribution is 9.11. The summed E-state index contributed by atoms with van der Waals surface area (Å²) in [6.45, 7) is 7.14. The molecule has 0 aromatic carbocycles. The Labute approximate surface area is 115 Å². The molecule has 0 aliphatic rings. The van der Waals surface area contributed by atoms with Crippen LogP contribution in [-0.2, 0) is 11.3 Å². The topological polar surface area (TPSA) is 46.3 Å². The first-order chi connectivity index (χ1) is 7.95. The Morgan fingerprint density at radius 2 is 2.18 bits per heavy atom. The minimum atomic E-state index is -0.127. The monoisotopic (exact) mass is 318 g/mol. The van der Waals surface area contributed by atoms with Gasteiger partial charge in [0.1, 0.15) is 0 Å². The molecule has 0 fully saturated rings. The summed E-state index contributed by atoms with van der Waals surface area (Å²) in [5.41, 5.74) is 5.77. The number of amides is 1. The fourth-order valence-corrected chi connectivity index (χ4v) is 2.98. The Kier molecular flexibility index (Phi) is 5.62. The fraction of sp³-hybridized carbons (Fsp3) is 0.583. The third-order valence-electron chi connectivity index (χ3n) is 2.85. The van der Waals surface area contributed by atoms with Gasteiger partial charge in [0.15, 0.2) is 0 Å². The number of carbonyl (C=O) groups is 1. The standard InChI is InChI=1S/C12H19BrN2OS/c1-4-15(12(16)8(2)9(3)14)7-10-5-6-11(13)17-10/h5-6,8-9H,4,7,14H2,1-3H3. The second kappa shape index (κ2) is 6.52. The van der Waals surface area contributed by atoms with E-state index in [1.807, 2.05) is 37.8 Å². The van der Waals surface area contributed by atoms with Crippen LogP contribution in [0.4, 0.5) is 0 Å². The van der Waals surface area contributed by atoms with Gasteiger partial charge in [-0.1, -0.05) is 6.92 Å². The number of carbonyl (C=O) groups excluding carboxylic acids is 1. The maximum absolute atomic E-state index is 12.2. The van der Waals surface area contributed by atoms with E-state index in [0.29, 0.717) is 13.1 Å². The minimum absolute atomic E-state index is 0.105. The van der Waals surface area contributed by atoms with Crippen molar-refractivity contribution in [2.45, 2.75) is 33.4 Å². The van der Waals surface area contributed by atoms with Crippen LogP contribution in [0, 0.1) is 5.92 Å². The molecular formula is C12H19BrN2OS. The number of hydrogen-bond acceptors (Lipinski definition) is 3. The molecule has 3 nitrogen and oxygen atoms in total. The molecule has 0 saturated carbocycles. The fourth-order valence-electron chi connectivity index (χ4n) is 1.48. The molecule has 1 heterocycles. The number of nitrogens with zero attached hydrogens (tertiary/aromatic N) is 1. The molecule has 0 bridgehead atoms. The predicted octanol–water partition coefficient (Wildman–Crippen LogP) is 2.84. The molecule has 1 amide bonds. The lowest BCUT2D eigenvalue weighted by molar-refractivity contribution is -0.135. The average molecular weight is 319 g/mol. The Morgan fingerprint density at radius 3 is 2.59 bits per heavy atom. The quantitative estimate of drug-likeness (QED) is 0.907. The number of rotatable bonds is 5. The predicted molar refractivity (Wildman–Crippen MR) is 75.9 cm³/mol. The Morgan fingerprint density at radius 1 is 1.53 bits per heavy atom. The molecule has 17 heavy (non-hydrogen) atoms. The maximum atomic E-state index is 12.2. The molecule has 0 aliphatic heterocycles. The molecule has 2 N–H and O–H groups in total. The van der Waals surface area contributed by atoms with Gasteiger partial charge >= 0.3 is 0 Å². The van der Waals surface area contributed by atoms with Gasteiger partial charge in [0, 0.05) is 17.5 Å². The van der Waals surface area contributed by atoms with Crippen LogP contribution in [0.3, 0.4) is 0 Å². The Bertz CT molecular complexity index is 378. The molecule has 0 saturated heterocycles. The van der Waals surface area contributed by atoms with Crippen LogP contribution in [0.15, 0.2) is 15.9 Å². The van der Waals surface area contributed by atoms with Crippen LogP contribution in [0.2, 0.25) is 0 Å². The van der Waals surface area contributed by atoms with Crippen LogP contribution in [0.25, 0.3) is 0 Å². The van der Waals surface area contributed by atoms with Crippen molar-refractivity contribution in [2.75, 3.05) is 6.54 Å². The first-order valence-corrected chi connectivity index (χ1v) is 7.35. The summed E-state index contributed by atoms with van der Waals surface area (Å²) in [4.78, 5) is 15.2. The highest BCUT2D eigenvalue weighted by atomic mass is 79.9. The van der Waals surface area contributed by atoms with Gasteiger partial charge < -0.3 is 10.6 Å². The van der Waals surface area contributed by atoms with Crippen molar-refractivity contribution in [2.24, 2.45) is 11.7 Å². The van der Waals surface area contributed by atoms with E-state index in [4.69, 9.17) is 5.73 Å². The molecule has 2 unspecified atom stereocenters. The molecule has 1 rings (SSSR count). The van der Waals surface area contributed by atoms with Gasteiger partial charge in [-0.15, -0.1) is 11.3 Å². The van der Waals surface area contributed by atoms with Crippen molar-refractivity contribution in [3.05, 3.63) is 20.8 Å². The lowest BCUT2D eigenvalue weighted by Crippen LogP contribution is -2.41. The molecule has 0 radical (unpaired) electrons. The van der Waals surface area contributed by atoms with Crippen LogP contribution in [0.5, 0.6) is 0 Å². The summed E-state index contributed by atoms with van der Waals surface area (Å²) in [6, 6.07) is 3.95. The van der Waals surface area contributed by atoms with Crippen molar-refractivity contribution in [3.8, 4) is 0 Å². The number of nitrogens with two attached hydrogens (primary N) is 1. The third-order valence-corrected chi connectivity index (χ3v) is 4.46. The van der Waals surface area contributed by atoms with E-state index in [0.717, 1.165) is 3.79 Å². The van der Waals surface area contributed by atoms with Gasteiger partial charge in [-0.25, -0.2) is 0 Å². The summed E-state index contributed by atoms with van der Waals surface area (Å²) in [5.74, 6) is 0.00498. The SMILES string of the molecule is CCN(Cc1ccc(Br)s1)C(=O)C(C)C(C)N. The lowest BCUT2D eigenvalue weighted by Gasteiger charge is -2.25. The summed E-state index contributed by atoms with van der Waals surface area (Å²) in [7, 11) is 0. The minimum Gasteiger partial charge on any atom is -0.338 e. The summed E-state index contributed by atoms with van der Waals surface area (Å²) in [6.07, 6.45) is 0. The van der Waals surface area contributed by atoms with E-state index in [2.05, 4.69) is 15.9 Å². The Hall–Kier alpha value is -0.390. The zero-order valence-corrected chi connectivity index (χ0v) is 12.8. The molecule has 5 heteroatoms. The smallest absolute Gasteiger partial charge is 0.227 e. The van der Waals surface area contributed by atoms with Crippen LogP contribution in [-0.4, -0.2) is 23.4 Å². The molecule has 1 aromatic heterocycles. The van der Waals surface area contributed by atoms with E-state index in [-0.39, 0.29) is 17.9 Å². The van der Waals surface area contributed by atoms with Crippen LogP contribution < -0.4 is 5.73 Å². The van der Waals surface area contributed by atoms with Gasteiger partial charge in [-0.05, 0) is 41.9 Å². The van der Waals surface area contributed by atoms with Crippen molar-refractivity contribution >= 4 is 33.2 Å². The number of halogens is 1. The summed E-state index contributed by atoms with van der Waals surface area (Å²) in [5, 5.41) is 0. The Balaban J connectivity index is 2.68. The zero-order valence-electron chi connectivity index (χ0n) is 10.4. The maximum Gasteiger partial charge on any atom is 0.227 e. The van der Waals surface area contributed by atoms with Gasteiger partial charge in [0.2, 0.25) is 5.91 Å². The van der Waals surface area contributed by atoms with Crippen molar-refractivity contribution in [1.82, 2.24) is 4.90 Å². The van der Waals surface area contributed by atoms with E-state index >= 15 is 0 Å². The first-order valence-electron chi connectivity index (χ1n) is 5.74. The van der Waals surface area contributed by atoms with Gasteiger partial charge in [-0.2, -0.15) is 0 Å². The summed E-state index contributed by atoms with van der Waals surface area (Å²) < 4.78 is 1.09. The van der Waals surface area contributed by atoms with Crippen molar-refractivity contribution < 1.29 is 4.79 Å². The molecule has 0 spiro atoms. The molecule has 0 aliphatic carbocycles. The first kappa shape index (κ1) is 14.7. The summed E-state index contributed by atoms with van der Waals surface area (Å²) >= 11 is 5.09. The number of thiophene rings is 1. The number of hydrogen-bond donors (Lipinski definition) is 1. The third kappa shape index (κ3) is 4.08. The zero-order chi connectivity index (χ0) is 13.0.